The van der Waals surface area contributed by atoms with Gasteiger partial charge in [-0.3, -0.25) is 14.4 Å². The SMILES string of the molecule is CN[C@@H](CC(C)C)C(=O)N[C@H]1CCN2C(=O)c3cc(-c4ccc(OC)cc4OC)ccc3NC(=O)[C@@H]2C1. The zero-order valence-electron chi connectivity index (χ0n) is 22.1. The standard InChI is InChI=1S/C28H36N4O5/c1-16(2)12-23(29-3)26(33)30-18-10-11-32-24(14-18)27(34)31-22-9-6-17(13-21(22)28(32)35)20-8-7-19(36-4)15-25(20)37-5/h6-9,13,15-16,18,23-24,29H,10-12,14H2,1-5H3,(H,30,33)(H,31,34)/t18-,23-,24-/m0/s1. The van der Waals surface area contributed by atoms with Gasteiger partial charge in [0.2, 0.25) is 11.8 Å². The van der Waals surface area contributed by atoms with E-state index in [2.05, 4.69) is 29.8 Å². The molecule has 0 radical (unpaired) electrons. The number of likely N-dealkylation sites (N-methyl/N-ethyl adjacent to an activating group) is 1. The topological polar surface area (TPSA) is 109 Å². The molecular formula is C28H36N4O5. The molecule has 4 rings (SSSR count). The number of fused-ring (bicyclic) bond motifs is 2. The van der Waals surface area contributed by atoms with E-state index < -0.39 is 6.04 Å². The van der Waals surface area contributed by atoms with E-state index >= 15 is 0 Å². The number of carbonyl (C=O) groups is 3. The fraction of sp³-hybridized carbons (Fsp3) is 0.464. The van der Waals surface area contributed by atoms with Crippen LogP contribution in [0.1, 0.15) is 43.5 Å². The van der Waals surface area contributed by atoms with Crippen molar-refractivity contribution in [3.8, 4) is 22.6 Å². The number of hydrogen-bond acceptors (Lipinski definition) is 6. The number of amides is 3. The molecular weight excluding hydrogens is 472 g/mol. The number of rotatable bonds is 8. The molecule has 0 spiro atoms. The molecule has 2 aromatic carbocycles. The number of nitrogens with zero attached hydrogens (tertiary/aromatic N) is 1. The average molecular weight is 509 g/mol. The van der Waals surface area contributed by atoms with Gasteiger partial charge in [-0.1, -0.05) is 19.9 Å². The van der Waals surface area contributed by atoms with Crippen molar-refractivity contribution in [2.75, 3.05) is 33.1 Å². The van der Waals surface area contributed by atoms with Crippen LogP contribution in [0, 0.1) is 5.92 Å². The first-order valence-corrected chi connectivity index (χ1v) is 12.7. The lowest BCUT2D eigenvalue weighted by Crippen LogP contribution is -2.56. The van der Waals surface area contributed by atoms with Crippen molar-refractivity contribution in [3.05, 3.63) is 42.0 Å². The van der Waals surface area contributed by atoms with Crippen molar-refractivity contribution in [1.29, 1.82) is 0 Å². The van der Waals surface area contributed by atoms with Crippen LogP contribution in [0.15, 0.2) is 36.4 Å². The molecule has 37 heavy (non-hydrogen) atoms. The Labute approximate surface area is 217 Å². The molecule has 0 aromatic heterocycles. The van der Waals surface area contributed by atoms with Crippen molar-refractivity contribution in [3.63, 3.8) is 0 Å². The molecule has 0 bridgehead atoms. The number of methoxy groups -OCH3 is 2. The van der Waals surface area contributed by atoms with Crippen molar-refractivity contribution >= 4 is 23.4 Å². The fourth-order valence-electron chi connectivity index (χ4n) is 5.12. The van der Waals surface area contributed by atoms with Gasteiger partial charge in [-0.05, 0) is 62.1 Å². The Hall–Kier alpha value is -3.59. The van der Waals surface area contributed by atoms with E-state index in [-0.39, 0.29) is 29.8 Å². The minimum atomic E-state index is -0.656. The van der Waals surface area contributed by atoms with Crippen LogP contribution in [-0.4, -0.2) is 68.6 Å². The number of nitrogens with one attached hydrogen (secondary N) is 3. The summed E-state index contributed by atoms with van der Waals surface area (Å²) in [6.07, 6.45) is 1.68. The van der Waals surface area contributed by atoms with E-state index in [9.17, 15) is 14.4 Å². The lowest BCUT2D eigenvalue weighted by molar-refractivity contribution is -0.126. The van der Waals surface area contributed by atoms with Gasteiger partial charge in [-0.15, -0.1) is 0 Å². The molecule has 3 atom stereocenters. The Morgan fingerprint density at radius 3 is 2.57 bits per heavy atom. The van der Waals surface area contributed by atoms with Crippen molar-refractivity contribution < 1.29 is 23.9 Å². The van der Waals surface area contributed by atoms with Gasteiger partial charge in [0.05, 0.1) is 31.5 Å². The van der Waals surface area contributed by atoms with Crippen LogP contribution in [0.5, 0.6) is 11.5 Å². The van der Waals surface area contributed by atoms with Crippen molar-refractivity contribution in [1.82, 2.24) is 15.5 Å². The van der Waals surface area contributed by atoms with Gasteiger partial charge in [0.25, 0.3) is 5.91 Å². The summed E-state index contributed by atoms with van der Waals surface area (Å²) in [7, 11) is 4.95. The van der Waals surface area contributed by atoms with E-state index in [4.69, 9.17) is 9.47 Å². The van der Waals surface area contributed by atoms with Crippen LogP contribution >= 0.6 is 0 Å². The molecule has 0 aliphatic carbocycles. The van der Waals surface area contributed by atoms with Crippen LogP contribution in [-0.2, 0) is 9.59 Å². The summed E-state index contributed by atoms with van der Waals surface area (Å²) in [4.78, 5) is 41.3. The van der Waals surface area contributed by atoms with Crippen LogP contribution in [0.3, 0.4) is 0 Å². The number of hydrogen-bond donors (Lipinski definition) is 3. The average Bonchev–Trinajstić information content (AvgIpc) is 3.00. The van der Waals surface area contributed by atoms with Gasteiger partial charge in [-0.2, -0.15) is 0 Å². The van der Waals surface area contributed by atoms with Gasteiger partial charge in [-0.25, -0.2) is 0 Å². The Balaban J connectivity index is 1.55. The molecule has 0 unspecified atom stereocenters. The van der Waals surface area contributed by atoms with E-state index in [1.165, 1.54) is 0 Å². The molecule has 2 aromatic rings. The first-order chi connectivity index (χ1) is 17.7. The fourth-order valence-corrected chi connectivity index (χ4v) is 5.12. The molecule has 3 amide bonds. The minimum absolute atomic E-state index is 0.0728. The van der Waals surface area contributed by atoms with Crippen molar-refractivity contribution in [2.45, 2.75) is 51.2 Å². The summed E-state index contributed by atoms with van der Waals surface area (Å²) in [5, 5.41) is 9.11. The zero-order valence-corrected chi connectivity index (χ0v) is 22.1. The lowest BCUT2D eigenvalue weighted by atomic mass is 9.95. The Bertz CT molecular complexity index is 1180. The predicted molar refractivity (Wildman–Crippen MR) is 142 cm³/mol. The highest BCUT2D eigenvalue weighted by molar-refractivity contribution is 6.10. The molecule has 9 heteroatoms. The third-order valence-electron chi connectivity index (χ3n) is 7.11. The maximum Gasteiger partial charge on any atom is 0.256 e. The molecule has 0 saturated carbocycles. The molecule has 1 saturated heterocycles. The summed E-state index contributed by atoms with van der Waals surface area (Å²) in [5.74, 6) is 1.14. The molecule has 1 fully saturated rings. The second-order valence-corrected chi connectivity index (χ2v) is 10.0. The Morgan fingerprint density at radius 1 is 1.11 bits per heavy atom. The minimum Gasteiger partial charge on any atom is -0.497 e. The van der Waals surface area contributed by atoms with Crippen LogP contribution in [0.2, 0.25) is 0 Å². The van der Waals surface area contributed by atoms with E-state index in [0.717, 1.165) is 17.5 Å². The molecule has 2 heterocycles. The lowest BCUT2D eigenvalue weighted by Gasteiger charge is -2.37. The first kappa shape index (κ1) is 26.5. The smallest absolute Gasteiger partial charge is 0.256 e. The largest absolute Gasteiger partial charge is 0.497 e. The number of benzene rings is 2. The van der Waals surface area contributed by atoms with Crippen LogP contribution in [0.4, 0.5) is 5.69 Å². The number of carbonyl (C=O) groups excluding carboxylic acids is 3. The van der Waals surface area contributed by atoms with Gasteiger partial charge < -0.3 is 30.3 Å². The Kier molecular flexibility index (Phi) is 8.02. The van der Waals surface area contributed by atoms with E-state index in [1.807, 2.05) is 18.2 Å². The quantitative estimate of drug-likeness (QED) is 0.506. The second-order valence-electron chi connectivity index (χ2n) is 10.0. The summed E-state index contributed by atoms with van der Waals surface area (Å²) < 4.78 is 10.8. The normalized spacial score (nSPS) is 19.9. The predicted octanol–water partition coefficient (Wildman–Crippen LogP) is 3.05. The van der Waals surface area contributed by atoms with Gasteiger partial charge in [0.1, 0.15) is 17.5 Å². The summed E-state index contributed by atoms with van der Waals surface area (Å²) in [6.45, 7) is 4.53. The number of piperidine rings is 1. The zero-order chi connectivity index (χ0) is 26.7. The highest BCUT2D eigenvalue weighted by Gasteiger charge is 2.40. The van der Waals surface area contributed by atoms with Crippen LogP contribution in [0.25, 0.3) is 11.1 Å². The second kappa shape index (κ2) is 11.2. The third-order valence-corrected chi connectivity index (χ3v) is 7.11. The number of anilines is 1. The monoisotopic (exact) mass is 508 g/mol. The highest BCUT2D eigenvalue weighted by Crippen LogP contribution is 2.37. The molecule has 3 N–H and O–H groups in total. The van der Waals surface area contributed by atoms with Crippen molar-refractivity contribution in [2.24, 2.45) is 5.92 Å². The number of ether oxygens (including phenoxy) is 2. The van der Waals surface area contributed by atoms with E-state index in [1.54, 1.807) is 44.4 Å². The van der Waals surface area contributed by atoms with E-state index in [0.29, 0.717) is 48.1 Å². The van der Waals surface area contributed by atoms with Gasteiger partial charge >= 0.3 is 0 Å². The highest BCUT2D eigenvalue weighted by atomic mass is 16.5. The third kappa shape index (κ3) is 5.56. The van der Waals surface area contributed by atoms with Gasteiger partial charge in [0, 0.05) is 24.2 Å². The maximum absolute atomic E-state index is 13.6. The maximum atomic E-state index is 13.6. The summed E-state index contributed by atoms with van der Waals surface area (Å²) >= 11 is 0. The van der Waals surface area contributed by atoms with Gasteiger partial charge in [0.15, 0.2) is 0 Å². The Morgan fingerprint density at radius 2 is 1.89 bits per heavy atom. The molecule has 2 aliphatic rings. The van der Waals surface area contributed by atoms with Crippen LogP contribution < -0.4 is 25.4 Å². The molecule has 9 nitrogen and oxygen atoms in total. The molecule has 2 aliphatic heterocycles. The summed E-state index contributed by atoms with van der Waals surface area (Å²) in [6, 6.07) is 9.78. The summed E-state index contributed by atoms with van der Waals surface area (Å²) in [5.41, 5.74) is 2.52. The first-order valence-electron chi connectivity index (χ1n) is 12.7. The molecule has 198 valence electrons.